The minimum atomic E-state index is -0.759. The van der Waals surface area contributed by atoms with Gasteiger partial charge in [0, 0.05) is 13.4 Å². The molecule has 146 valence electrons. The maximum absolute atomic E-state index is 9.96. The fourth-order valence-corrected chi connectivity index (χ4v) is 3.51. The molecule has 0 amide bonds. The molecule has 0 radical (unpaired) electrons. The summed E-state index contributed by atoms with van der Waals surface area (Å²) in [5.74, 6) is 0.362. The first-order valence-electron chi connectivity index (χ1n) is 9.56. The Morgan fingerprint density at radius 3 is 2.63 bits per heavy atom. The first-order valence-corrected chi connectivity index (χ1v) is 9.56. The molecule has 1 aromatic carbocycles. The van der Waals surface area contributed by atoms with Crippen molar-refractivity contribution in [3.63, 3.8) is 0 Å². The van der Waals surface area contributed by atoms with Gasteiger partial charge >= 0.3 is 7.12 Å². The molecule has 0 saturated heterocycles. The van der Waals surface area contributed by atoms with E-state index < -0.39 is 7.12 Å². The molecule has 2 rings (SSSR count). The molecule has 0 fully saturated rings. The topological polar surface area (TPSA) is 58.9 Å². The van der Waals surface area contributed by atoms with Crippen LogP contribution in [-0.4, -0.2) is 37.1 Å². The fraction of sp³-hybridized carbons (Fsp3) is 0.455. The predicted octanol–water partition coefficient (Wildman–Crippen LogP) is 4.59. The average molecular weight is 370 g/mol. The molecule has 0 bridgehead atoms. The molecule has 2 N–H and O–H groups in total. The number of methoxy groups -OCH3 is 1. The largest absolute Gasteiger partial charge is 0.507 e. The molecule has 0 spiro atoms. The number of aromatic hydroxyl groups is 1. The van der Waals surface area contributed by atoms with E-state index in [1.54, 1.807) is 7.11 Å². The number of allylic oxidation sites excluding steroid dienone is 2. The molecule has 27 heavy (non-hydrogen) atoms. The minimum Gasteiger partial charge on any atom is -0.507 e. The van der Waals surface area contributed by atoms with Crippen LogP contribution in [0.25, 0.3) is 6.08 Å². The van der Waals surface area contributed by atoms with Gasteiger partial charge in [-0.3, -0.25) is 0 Å². The Morgan fingerprint density at radius 1 is 1.37 bits per heavy atom. The number of phenols is 1. The van der Waals surface area contributed by atoms with E-state index in [2.05, 4.69) is 19.6 Å². The number of hydrogen-bond acceptors (Lipinski definition) is 4. The Labute approximate surface area is 163 Å². The van der Waals surface area contributed by atoms with Crippen molar-refractivity contribution in [3.05, 3.63) is 58.2 Å². The maximum Gasteiger partial charge on any atom is 0.458 e. The molecule has 1 aliphatic heterocycles. The third kappa shape index (κ3) is 5.83. The zero-order valence-corrected chi connectivity index (χ0v) is 16.9. The Balaban J connectivity index is 2.12. The summed E-state index contributed by atoms with van der Waals surface area (Å²) >= 11 is 0. The van der Waals surface area contributed by atoms with Crippen molar-refractivity contribution in [3.8, 4) is 5.75 Å². The molecule has 0 aliphatic carbocycles. The smallest absolute Gasteiger partial charge is 0.458 e. The van der Waals surface area contributed by atoms with E-state index in [4.69, 9.17) is 9.39 Å². The number of hydrogen-bond donors (Lipinski definition) is 2. The van der Waals surface area contributed by atoms with E-state index in [1.165, 1.54) is 5.57 Å². The van der Waals surface area contributed by atoms with E-state index in [0.717, 1.165) is 47.1 Å². The minimum absolute atomic E-state index is 0.172. The number of benzene rings is 1. The van der Waals surface area contributed by atoms with Crippen LogP contribution in [-0.2, 0) is 9.39 Å². The van der Waals surface area contributed by atoms with Crippen molar-refractivity contribution in [1.29, 1.82) is 0 Å². The summed E-state index contributed by atoms with van der Waals surface area (Å²) in [6.45, 7) is 10.5. The van der Waals surface area contributed by atoms with Gasteiger partial charge in [-0.2, -0.15) is 0 Å². The Morgan fingerprint density at radius 2 is 2.04 bits per heavy atom. The first kappa shape index (κ1) is 21.5. The van der Waals surface area contributed by atoms with Crippen molar-refractivity contribution in [2.75, 3.05) is 13.7 Å². The summed E-state index contributed by atoms with van der Waals surface area (Å²) in [6.07, 6.45) is 7.10. The van der Waals surface area contributed by atoms with E-state index >= 15 is 0 Å². The molecule has 1 heterocycles. The van der Waals surface area contributed by atoms with E-state index in [1.807, 2.05) is 32.1 Å². The highest BCUT2D eigenvalue weighted by molar-refractivity contribution is 6.43. The number of phenolic OH excluding ortho intramolecular Hbond substituents is 1. The van der Waals surface area contributed by atoms with Crippen LogP contribution in [0.5, 0.6) is 5.75 Å². The van der Waals surface area contributed by atoms with Gasteiger partial charge in [0.1, 0.15) is 5.75 Å². The summed E-state index contributed by atoms with van der Waals surface area (Å²) in [5, 5.41) is 19.8. The van der Waals surface area contributed by atoms with E-state index in [9.17, 15) is 10.1 Å². The lowest BCUT2D eigenvalue weighted by Crippen LogP contribution is -2.32. The molecule has 0 aromatic heterocycles. The van der Waals surface area contributed by atoms with Gasteiger partial charge in [-0.1, -0.05) is 31.2 Å². The lowest BCUT2D eigenvalue weighted by Gasteiger charge is -2.28. The highest BCUT2D eigenvalue weighted by Crippen LogP contribution is 2.29. The van der Waals surface area contributed by atoms with Crippen LogP contribution >= 0.6 is 0 Å². The van der Waals surface area contributed by atoms with Crippen LogP contribution < -0.4 is 0 Å². The Bertz CT molecular complexity index is 713. The van der Waals surface area contributed by atoms with Crippen LogP contribution in [0.2, 0.25) is 6.32 Å². The van der Waals surface area contributed by atoms with Gasteiger partial charge in [-0.05, 0) is 73.1 Å². The summed E-state index contributed by atoms with van der Waals surface area (Å²) in [5.41, 5.74) is 6.12. The van der Waals surface area contributed by atoms with E-state index in [0.29, 0.717) is 18.7 Å². The number of aryl methyl sites for hydroxylation is 2. The normalized spacial score (nSPS) is 17.8. The summed E-state index contributed by atoms with van der Waals surface area (Å²) in [4.78, 5) is 0. The number of rotatable bonds is 8. The van der Waals surface area contributed by atoms with Crippen molar-refractivity contribution in [1.82, 2.24) is 0 Å². The van der Waals surface area contributed by atoms with Crippen molar-refractivity contribution in [2.24, 2.45) is 0 Å². The van der Waals surface area contributed by atoms with Crippen LogP contribution in [0.4, 0.5) is 0 Å². The zero-order valence-electron chi connectivity index (χ0n) is 16.9. The third-order valence-electron chi connectivity index (χ3n) is 5.00. The SMILES string of the molecule is C=C(COC)C1=CCB(O)OC1CC/C(=C/c1cc(C)c(O)c(C)c1)CC. The standard InChI is InChI=1S/C22H31BO4/c1-6-18(13-19-11-15(2)22(24)16(3)12-19)7-8-21-20(17(4)14-26-5)9-10-23(25)27-21/h9,11-13,21,24-25H,4,6-8,10,14H2,1-3,5H3/b18-13+. The van der Waals surface area contributed by atoms with Crippen molar-refractivity contribution >= 4 is 13.2 Å². The maximum atomic E-state index is 9.96. The highest BCUT2D eigenvalue weighted by Gasteiger charge is 2.28. The molecule has 5 heteroatoms. The monoisotopic (exact) mass is 370 g/mol. The quantitative estimate of drug-likeness (QED) is 0.657. The van der Waals surface area contributed by atoms with Gasteiger partial charge in [0.05, 0.1) is 12.7 Å². The van der Waals surface area contributed by atoms with Crippen LogP contribution in [0, 0.1) is 13.8 Å². The van der Waals surface area contributed by atoms with E-state index in [-0.39, 0.29) is 6.10 Å². The molecule has 1 unspecified atom stereocenters. The lowest BCUT2D eigenvalue weighted by atomic mass is 9.78. The molecular weight excluding hydrogens is 339 g/mol. The molecular formula is C22H31BO4. The van der Waals surface area contributed by atoms with Crippen LogP contribution in [0.15, 0.2) is 41.5 Å². The van der Waals surface area contributed by atoms with Gasteiger partial charge in [0.2, 0.25) is 0 Å². The number of ether oxygens (including phenoxy) is 1. The Kier molecular flexibility index (Phi) is 7.90. The molecule has 1 aliphatic rings. The molecule has 1 aromatic rings. The zero-order chi connectivity index (χ0) is 20.0. The second-order valence-electron chi connectivity index (χ2n) is 7.21. The predicted molar refractivity (Wildman–Crippen MR) is 112 cm³/mol. The van der Waals surface area contributed by atoms with Crippen LogP contribution in [0.3, 0.4) is 0 Å². The van der Waals surface area contributed by atoms with Gasteiger partial charge < -0.3 is 19.5 Å². The summed E-state index contributed by atoms with van der Waals surface area (Å²) in [7, 11) is 0.893. The summed E-state index contributed by atoms with van der Waals surface area (Å²) < 4.78 is 11.0. The molecule has 1 atom stereocenters. The van der Waals surface area contributed by atoms with Crippen LogP contribution in [0.1, 0.15) is 42.9 Å². The van der Waals surface area contributed by atoms with Gasteiger partial charge in [-0.15, -0.1) is 0 Å². The lowest BCUT2D eigenvalue weighted by molar-refractivity contribution is 0.176. The highest BCUT2D eigenvalue weighted by atomic mass is 16.5. The van der Waals surface area contributed by atoms with Gasteiger partial charge in [0.25, 0.3) is 0 Å². The average Bonchev–Trinajstić information content (AvgIpc) is 2.63. The third-order valence-corrected chi connectivity index (χ3v) is 5.00. The van der Waals surface area contributed by atoms with Gasteiger partial charge in [-0.25, -0.2) is 0 Å². The fourth-order valence-electron chi connectivity index (χ4n) is 3.51. The van der Waals surface area contributed by atoms with Gasteiger partial charge in [0.15, 0.2) is 0 Å². The first-order chi connectivity index (χ1) is 12.8. The second kappa shape index (κ2) is 9.93. The molecule has 4 nitrogen and oxygen atoms in total. The van der Waals surface area contributed by atoms with Crippen molar-refractivity contribution in [2.45, 2.75) is 52.5 Å². The Hall–Kier alpha value is -1.82. The van der Waals surface area contributed by atoms with Crippen molar-refractivity contribution < 1.29 is 19.5 Å². The summed E-state index contributed by atoms with van der Waals surface area (Å²) in [6, 6.07) is 4.01. The second-order valence-corrected chi connectivity index (χ2v) is 7.21. The molecule has 0 saturated carbocycles.